The average Bonchev–Trinajstić information content (AvgIpc) is 2.77. The lowest BCUT2D eigenvalue weighted by molar-refractivity contribution is 0.0278. The number of aryl methyl sites for hydroxylation is 1. The number of morpholine rings is 1. The number of aromatic nitrogens is 2. The molecule has 19 heavy (non-hydrogen) atoms. The van der Waals surface area contributed by atoms with Gasteiger partial charge in [-0.25, -0.2) is 4.98 Å². The van der Waals surface area contributed by atoms with E-state index in [1.165, 1.54) is 11.1 Å². The lowest BCUT2D eigenvalue weighted by atomic mass is 10.1. The van der Waals surface area contributed by atoms with Gasteiger partial charge in [0.15, 0.2) is 0 Å². The molecular formula is C15H21N3O. The van der Waals surface area contributed by atoms with Crippen LogP contribution in [0.5, 0.6) is 0 Å². The van der Waals surface area contributed by atoms with E-state index < -0.39 is 0 Å². The van der Waals surface area contributed by atoms with Gasteiger partial charge >= 0.3 is 0 Å². The number of ether oxygens (including phenoxy) is 1. The third kappa shape index (κ3) is 2.26. The van der Waals surface area contributed by atoms with Gasteiger partial charge in [-0.05, 0) is 17.7 Å². The maximum atomic E-state index is 5.81. The fourth-order valence-corrected chi connectivity index (χ4v) is 2.72. The summed E-state index contributed by atoms with van der Waals surface area (Å²) < 4.78 is 8.01. The Hall–Kier alpha value is -1.39. The van der Waals surface area contributed by atoms with Crippen molar-refractivity contribution in [1.82, 2.24) is 14.9 Å². The molecule has 1 saturated heterocycles. The maximum Gasteiger partial charge on any atom is 0.112 e. The number of nitrogens with zero attached hydrogens (tertiary/aromatic N) is 2. The second-order valence-corrected chi connectivity index (χ2v) is 5.50. The van der Waals surface area contributed by atoms with Crippen molar-refractivity contribution in [2.45, 2.75) is 25.9 Å². The normalized spacial score (nSPS) is 20.3. The molecule has 4 nitrogen and oxygen atoms in total. The van der Waals surface area contributed by atoms with Crippen LogP contribution in [-0.4, -0.2) is 29.2 Å². The number of hydrogen-bond acceptors (Lipinski definition) is 3. The van der Waals surface area contributed by atoms with E-state index in [0.717, 1.165) is 31.0 Å². The molecule has 1 aliphatic heterocycles. The van der Waals surface area contributed by atoms with Crippen LogP contribution in [0.15, 0.2) is 18.2 Å². The highest BCUT2D eigenvalue weighted by Gasteiger charge is 2.18. The first-order chi connectivity index (χ1) is 9.16. The van der Waals surface area contributed by atoms with E-state index in [1.807, 2.05) is 0 Å². The van der Waals surface area contributed by atoms with Gasteiger partial charge in [0.2, 0.25) is 0 Å². The number of fused-ring (bicyclic) bond motifs is 1. The molecule has 3 rings (SSSR count). The minimum atomic E-state index is 0.163. The van der Waals surface area contributed by atoms with Crippen LogP contribution in [0.25, 0.3) is 11.0 Å². The van der Waals surface area contributed by atoms with Gasteiger partial charge in [0.25, 0.3) is 0 Å². The zero-order valence-electron chi connectivity index (χ0n) is 11.8. The van der Waals surface area contributed by atoms with Crippen LogP contribution in [0.3, 0.4) is 0 Å². The molecule has 2 aromatic rings. The molecule has 2 heterocycles. The number of imidazole rings is 1. The first-order valence-electron chi connectivity index (χ1n) is 6.95. The maximum absolute atomic E-state index is 5.81. The van der Waals surface area contributed by atoms with Crippen LogP contribution in [0.2, 0.25) is 0 Å². The first kappa shape index (κ1) is 12.6. The third-order valence-corrected chi connectivity index (χ3v) is 3.76. The largest absolute Gasteiger partial charge is 0.371 e. The molecule has 1 aromatic heterocycles. The summed E-state index contributed by atoms with van der Waals surface area (Å²) in [5.74, 6) is 1.57. The second kappa shape index (κ2) is 4.94. The van der Waals surface area contributed by atoms with Crippen molar-refractivity contribution >= 4 is 11.0 Å². The SMILES string of the molecule is CC(C)c1nc2ccc(C3CNCCO3)cc2n1C. The Morgan fingerprint density at radius 2 is 2.26 bits per heavy atom. The third-order valence-electron chi connectivity index (χ3n) is 3.76. The highest BCUT2D eigenvalue weighted by Crippen LogP contribution is 2.25. The topological polar surface area (TPSA) is 39.1 Å². The molecule has 0 spiro atoms. The Morgan fingerprint density at radius 3 is 2.95 bits per heavy atom. The monoisotopic (exact) mass is 259 g/mol. The number of rotatable bonds is 2. The summed E-state index contributed by atoms with van der Waals surface area (Å²) in [6, 6.07) is 6.46. The van der Waals surface area contributed by atoms with Crippen molar-refractivity contribution in [2.24, 2.45) is 7.05 Å². The predicted molar refractivity (Wildman–Crippen MR) is 76.4 cm³/mol. The summed E-state index contributed by atoms with van der Waals surface area (Å²) in [5, 5.41) is 3.37. The van der Waals surface area contributed by atoms with Gasteiger partial charge in [-0.3, -0.25) is 0 Å². The molecule has 1 aliphatic rings. The van der Waals surface area contributed by atoms with E-state index in [4.69, 9.17) is 9.72 Å². The lowest BCUT2D eigenvalue weighted by Crippen LogP contribution is -2.33. The Kier molecular flexibility index (Phi) is 3.29. The van der Waals surface area contributed by atoms with Crippen LogP contribution >= 0.6 is 0 Å². The molecule has 0 amide bonds. The van der Waals surface area contributed by atoms with E-state index >= 15 is 0 Å². The van der Waals surface area contributed by atoms with Crippen molar-refractivity contribution in [3.63, 3.8) is 0 Å². The summed E-state index contributed by atoms with van der Waals surface area (Å²) in [6.45, 7) is 6.97. The molecule has 0 aliphatic carbocycles. The van der Waals surface area contributed by atoms with Crippen molar-refractivity contribution in [1.29, 1.82) is 0 Å². The number of nitrogens with one attached hydrogen (secondary N) is 1. The predicted octanol–water partition coefficient (Wildman–Crippen LogP) is 2.36. The summed E-state index contributed by atoms with van der Waals surface area (Å²) in [5.41, 5.74) is 3.49. The average molecular weight is 259 g/mol. The number of hydrogen-bond donors (Lipinski definition) is 1. The van der Waals surface area contributed by atoms with Gasteiger partial charge in [0.05, 0.1) is 23.7 Å². The molecule has 0 bridgehead atoms. The summed E-state index contributed by atoms with van der Waals surface area (Å²) in [6.07, 6.45) is 0.163. The van der Waals surface area contributed by atoms with Gasteiger partial charge in [-0.1, -0.05) is 19.9 Å². The molecule has 4 heteroatoms. The van der Waals surface area contributed by atoms with E-state index in [1.54, 1.807) is 0 Å². The molecular weight excluding hydrogens is 238 g/mol. The van der Waals surface area contributed by atoms with Crippen molar-refractivity contribution < 1.29 is 4.74 Å². The number of benzene rings is 1. The minimum Gasteiger partial charge on any atom is -0.371 e. The molecule has 0 radical (unpaired) electrons. The standard InChI is InChI=1S/C15H21N3O/c1-10(2)15-17-12-5-4-11(8-13(12)18(15)3)14-9-16-6-7-19-14/h4-5,8,10,14,16H,6-7,9H2,1-3H3. The second-order valence-electron chi connectivity index (χ2n) is 5.50. The van der Waals surface area contributed by atoms with Crippen LogP contribution in [0.4, 0.5) is 0 Å². The molecule has 1 atom stereocenters. The first-order valence-corrected chi connectivity index (χ1v) is 6.95. The minimum absolute atomic E-state index is 0.163. The van der Waals surface area contributed by atoms with Crippen molar-refractivity contribution in [3.05, 3.63) is 29.6 Å². The van der Waals surface area contributed by atoms with E-state index in [-0.39, 0.29) is 6.10 Å². The van der Waals surface area contributed by atoms with Gasteiger partial charge < -0.3 is 14.6 Å². The molecule has 1 N–H and O–H groups in total. The fourth-order valence-electron chi connectivity index (χ4n) is 2.72. The Morgan fingerprint density at radius 1 is 1.42 bits per heavy atom. The van der Waals surface area contributed by atoms with Crippen molar-refractivity contribution in [3.8, 4) is 0 Å². The Bertz CT molecular complexity index is 582. The lowest BCUT2D eigenvalue weighted by Gasteiger charge is -2.24. The summed E-state index contributed by atoms with van der Waals surface area (Å²) in [7, 11) is 2.09. The molecule has 1 aromatic carbocycles. The molecule has 0 saturated carbocycles. The quantitative estimate of drug-likeness (QED) is 0.900. The van der Waals surface area contributed by atoms with E-state index in [9.17, 15) is 0 Å². The van der Waals surface area contributed by atoms with Crippen molar-refractivity contribution in [2.75, 3.05) is 19.7 Å². The molecule has 1 unspecified atom stereocenters. The highest BCUT2D eigenvalue weighted by atomic mass is 16.5. The highest BCUT2D eigenvalue weighted by molar-refractivity contribution is 5.77. The van der Waals surface area contributed by atoms with Crippen LogP contribution in [0.1, 0.15) is 37.3 Å². The summed E-state index contributed by atoms with van der Waals surface area (Å²) in [4.78, 5) is 4.70. The molecule has 102 valence electrons. The van der Waals surface area contributed by atoms with Gasteiger partial charge in [0.1, 0.15) is 5.82 Å². The van der Waals surface area contributed by atoms with E-state index in [0.29, 0.717) is 5.92 Å². The van der Waals surface area contributed by atoms with Crippen LogP contribution < -0.4 is 5.32 Å². The Balaban J connectivity index is 2.02. The smallest absolute Gasteiger partial charge is 0.112 e. The molecule has 1 fully saturated rings. The van der Waals surface area contributed by atoms with Gasteiger partial charge in [-0.15, -0.1) is 0 Å². The Labute approximate surface area is 113 Å². The van der Waals surface area contributed by atoms with E-state index in [2.05, 4.69) is 49.0 Å². The zero-order chi connectivity index (χ0) is 13.4. The fraction of sp³-hybridized carbons (Fsp3) is 0.533. The van der Waals surface area contributed by atoms with Crippen LogP contribution in [0, 0.1) is 0 Å². The zero-order valence-corrected chi connectivity index (χ0v) is 11.8. The van der Waals surface area contributed by atoms with Gasteiger partial charge in [0, 0.05) is 26.1 Å². The van der Waals surface area contributed by atoms with Crippen LogP contribution in [-0.2, 0) is 11.8 Å². The summed E-state index contributed by atoms with van der Waals surface area (Å²) >= 11 is 0. The van der Waals surface area contributed by atoms with Gasteiger partial charge in [-0.2, -0.15) is 0 Å².